The highest BCUT2D eigenvalue weighted by atomic mass is 15.2. The van der Waals surface area contributed by atoms with E-state index >= 15 is 0 Å². The summed E-state index contributed by atoms with van der Waals surface area (Å²) in [6.07, 6.45) is 9.21. The Hall–Kier alpha value is -1.09. The number of aromatic nitrogens is 1. The summed E-state index contributed by atoms with van der Waals surface area (Å²) in [6.45, 7) is 2.12. The van der Waals surface area contributed by atoms with Crippen LogP contribution in [0.3, 0.4) is 0 Å². The van der Waals surface area contributed by atoms with Gasteiger partial charge in [-0.1, -0.05) is 0 Å². The van der Waals surface area contributed by atoms with Gasteiger partial charge in [0, 0.05) is 24.3 Å². The van der Waals surface area contributed by atoms with Gasteiger partial charge in [0.05, 0.1) is 11.9 Å². The smallest absolute Gasteiger partial charge is 0.0560 e. The van der Waals surface area contributed by atoms with Crippen LogP contribution in [-0.2, 0) is 0 Å². The lowest BCUT2D eigenvalue weighted by Gasteiger charge is -2.40. The van der Waals surface area contributed by atoms with Crippen LogP contribution in [0.2, 0.25) is 0 Å². The first-order chi connectivity index (χ1) is 8.28. The average molecular weight is 231 g/mol. The summed E-state index contributed by atoms with van der Waals surface area (Å²) >= 11 is 0. The summed E-state index contributed by atoms with van der Waals surface area (Å²) in [5, 5.41) is 3.45. The molecule has 3 heteroatoms. The zero-order chi connectivity index (χ0) is 11.8. The lowest BCUT2D eigenvalue weighted by Crippen LogP contribution is -2.48. The van der Waals surface area contributed by atoms with E-state index in [1.807, 2.05) is 12.4 Å². The van der Waals surface area contributed by atoms with E-state index < -0.39 is 0 Å². The van der Waals surface area contributed by atoms with Gasteiger partial charge in [0.15, 0.2) is 0 Å². The van der Waals surface area contributed by atoms with E-state index in [1.54, 1.807) is 0 Å². The molecule has 2 saturated heterocycles. The van der Waals surface area contributed by atoms with Crippen molar-refractivity contribution in [3.63, 3.8) is 0 Å². The Morgan fingerprint density at radius 1 is 1.24 bits per heavy atom. The van der Waals surface area contributed by atoms with Crippen LogP contribution in [0.5, 0.6) is 0 Å². The van der Waals surface area contributed by atoms with Crippen molar-refractivity contribution in [3.05, 3.63) is 24.0 Å². The first kappa shape index (κ1) is 11.0. The van der Waals surface area contributed by atoms with Crippen molar-refractivity contribution in [2.75, 3.05) is 11.9 Å². The molecule has 17 heavy (non-hydrogen) atoms. The molecule has 3 nitrogen and oxygen atoms in total. The van der Waals surface area contributed by atoms with E-state index in [-0.39, 0.29) is 0 Å². The van der Waals surface area contributed by atoms with E-state index in [9.17, 15) is 0 Å². The minimum absolute atomic E-state index is 0.710. The number of hydrogen-bond acceptors (Lipinski definition) is 3. The number of anilines is 1. The van der Waals surface area contributed by atoms with Crippen molar-refractivity contribution >= 4 is 5.69 Å². The molecular weight excluding hydrogens is 210 g/mol. The van der Waals surface area contributed by atoms with Crippen LogP contribution in [0.15, 0.2) is 18.5 Å². The molecule has 1 aromatic rings. The van der Waals surface area contributed by atoms with E-state index in [2.05, 4.69) is 35.2 Å². The number of nitrogens with zero attached hydrogens (tertiary/aromatic N) is 2. The van der Waals surface area contributed by atoms with Gasteiger partial charge in [-0.15, -0.1) is 0 Å². The van der Waals surface area contributed by atoms with Gasteiger partial charge in [-0.25, -0.2) is 0 Å². The number of fused-ring (bicyclic) bond motifs is 2. The second kappa shape index (κ2) is 4.30. The Morgan fingerprint density at radius 3 is 2.53 bits per heavy atom. The van der Waals surface area contributed by atoms with Crippen LogP contribution < -0.4 is 10.2 Å². The Morgan fingerprint density at radius 2 is 1.94 bits per heavy atom. The molecule has 2 aliphatic rings. The summed E-state index contributed by atoms with van der Waals surface area (Å²) in [4.78, 5) is 6.96. The Bertz CT molecular complexity index is 390. The lowest BCUT2D eigenvalue weighted by atomic mass is 9.97. The molecular formula is C14H21N3. The van der Waals surface area contributed by atoms with Crippen molar-refractivity contribution < 1.29 is 0 Å². The molecule has 0 aliphatic carbocycles. The van der Waals surface area contributed by atoms with Crippen LogP contribution in [-0.4, -0.2) is 30.2 Å². The highest BCUT2D eigenvalue weighted by molar-refractivity contribution is 5.50. The van der Waals surface area contributed by atoms with Gasteiger partial charge in [0.1, 0.15) is 0 Å². The SMILES string of the molecule is CNC1CC2CCC(C1)N2c1cncc(C)c1. The molecule has 2 atom stereocenters. The van der Waals surface area contributed by atoms with Crippen LogP contribution in [0.25, 0.3) is 0 Å². The molecule has 0 amide bonds. The van der Waals surface area contributed by atoms with E-state index in [1.165, 1.54) is 36.9 Å². The van der Waals surface area contributed by atoms with Gasteiger partial charge in [-0.2, -0.15) is 0 Å². The second-order valence-corrected chi connectivity index (χ2v) is 5.47. The number of rotatable bonds is 2. The summed E-state index contributed by atoms with van der Waals surface area (Å²) < 4.78 is 0. The maximum atomic E-state index is 4.34. The standard InChI is InChI=1S/C14H21N3/c1-10-5-14(9-16-8-10)17-12-3-4-13(17)7-11(6-12)15-2/h5,8-9,11-13,15H,3-4,6-7H2,1-2H3. The fourth-order valence-corrected chi connectivity index (χ4v) is 3.51. The molecule has 0 saturated carbocycles. The molecule has 0 spiro atoms. The largest absolute Gasteiger partial charge is 0.364 e. The lowest BCUT2D eigenvalue weighted by molar-refractivity contribution is 0.373. The monoisotopic (exact) mass is 231 g/mol. The number of piperidine rings is 1. The molecule has 0 radical (unpaired) electrons. The molecule has 92 valence electrons. The maximum absolute atomic E-state index is 4.34. The third-order valence-electron chi connectivity index (χ3n) is 4.30. The van der Waals surface area contributed by atoms with Crippen LogP contribution in [0.4, 0.5) is 5.69 Å². The number of hydrogen-bond donors (Lipinski definition) is 1. The van der Waals surface area contributed by atoms with Crippen LogP contribution in [0.1, 0.15) is 31.2 Å². The zero-order valence-electron chi connectivity index (χ0n) is 10.7. The van der Waals surface area contributed by atoms with Crippen molar-refractivity contribution in [2.45, 2.75) is 50.7 Å². The third-order valence-corrected chi connectivity index (χ3v) is 4.30. The second-order valence-electron chi connectivity index (χ2n) is 5.47. The van der Waals surface area contributed by atoms with Gasteiger partial charge in [-0.05, 0) is 51.3 Å². The highest BCUT2D eigenvalue weighted by Crippen LogP contribution is 2.39. The van der Waals surface area contributed by atoms with Crippen molar-refractivity contribution in [3.8, 4) is 0 Å². The molecule has 3 rings (SSSR count). The average Bonchev–Trinajstić information content (AvgIpc) is 2.60. The third kappa shape index (κ3) is 1.93. The van der Waals surface area contributed by atoms with E-state index in [0.29, 0.717) is 6.04 Å². The van der Waals surface area contributed by atoms with Crippen LogP contribution in [0, 0.1) is 6.92 Å². The molecule has 2 aliphatic heterocycles. The molecule has 2 bridgehead atoms. The predicted molar refractivity (Wildman–Crippen MR) is 70.3 cm³/mol. The van der Waals surface area contributed by atoms with Gasteiger partial charge in [0.25, 0.3) is 0 Å². The van der Waals surface area contributed by atoms with Gasteiger partial charge >= 0.3 is 0 Å². The summed E-state index contributed by atoms with van der Waals surface area (Å²) in [6, 6.07) is 4.42. The number of nitrogens with one attached hydrogen (secondary N) is 1. The Labute approximate surface area is 103 Å². The molecule has 1 N–H and O–H groups in total. The summed E-state index contributed by atoms with van der Waals surface area (Å²) in [7, 11) is 2.09. The summed E-state index contributed by atoms with van der Waals surface area (Å²) in [5.74, 6) is 0. The molecule has 2 unspecified atom stereocenters. The fourth-order valence-electron chi connectivity index (χ4n) is 3.51. The fraction of sp³-hybridized carbons (Fsp3) is 0.643. The first-order valence-corrected chi connectivity index (χ1v) is 6.65. The minimum Gasteiger partial charge on any atom is -0.364 e. The van der Waals surface area contributed by atoms with Crippen molar-refractivity contribution in [1.29, 1.82) is 0 Å². The van der Waals surface area contributed by atoms with Crippen molar-refractivity contribution in [2.24, 2.45) is 0 Å². The first-order valence-electron chi connectivity index (χ1n) is 6.65. The minimum atomic E-state index is 0.710. The Kier molecular flexibility index (Phi) is 2.79. The normalized spacial score (nSPS) is 31.9. The van der Waals surface area contributed by atoms with Gasteiger partial charge in [0.2, 0.25) is 0 Å². The summed E-state index contributed by atoms with van der Waals surface area (Å²) in [5.41, 5.74) is 2.59. The predicted octanol–water partition coefficient (Wildman–Crippen LogP) is 2.11. The molecule has 1 aromatic heterocycles. The van der Waals surface area contributed by atoms with Crippen molar-refractivity contribution in [1.82, 2.24) is 10.3 Å². The number of pyridine rings is 1. The van der Waals surface area contributed by atoms with Crippen LogP contribution >= 0.6 is 0 Å². The zero-order valence-corrected chi connectivity index (χ0v) is 10.7. The Balaban J connectivity index is 1.86. The molecule has 2 fully saturated rings. The van der Waals surface area contributed by atoms with E-state index in [4.69, 9.17) is 0 Å². The highest BCUT2D eigenvalue weighted by Gasteiger charge is 2.40. The topological polar surface area (TPSA) is 28.2 Å². The van der Waals surface area contributed by atoms with Gasteiger partial charge < -0.3 is 10.2 Å². The molecule has 0 aromatic carbocycles. The maximum Gasteiger partial charge on any atom is 0.0560 e. The van der Waals surface area contributed by atoms with E-state index in [0.717, 1.165) is 12.1 Å². The number of aryl methyl sites for hydroxylation is 1. The molecule has 3 heterocycles. The quantitative estimate of drug-likeness (QED) is 0.845. The van der Waals surface area contributed by atoms with Gasteiger partial charge in [-0.3, -0.25) is 4.98 Å².